The highest BCUT2D eigenvalue weighted by Gasteiger charge is 2.16. The molecule has 1 aromatic heterocycles. The smallest absolute Gasteiger partial charge is 0.407 e. The van der Waals surface area contributed by atoms with E-state index in [0.29, 0.717) is 17.5 Å². The Kier molecular flexibility index (Phi) is 3.88. The lowest BCUT2D eigenvalue weighted by molar-refractivity contribution is 0.0523. The molecule has 0 aliphatic heterocycles. The van der Waals surface area contributed by atoms with E-state index in [1.54, 1.807) is 34.0 Å². The van der Waals surface area contributed by atoms with Crippen LogP contribution in [0, 0.1) is 0 Å². The van der Waals surface area contributed by atoms with Gasteiger partial charge in [0, 0.05) is 19.2 Å². The lowest BCUT2D eigenvalue weighted by atomic mass is 10.2. The molecule has 0 atom stereocenters. The number of carbonyl (C=O) groups is 2. The number of carbonyl (C=O) groups excluding carboxylic acids is 2. The van der Waals surface area contributed by atoms with Gasteiger partial charge >= 0.3 is 6.09 Å². The van der Waals surface area contributed by atoms with Gasteiger partial charge in [0.2, 0.25) is 0 Å². The van der Waals surface area contributed by atoms with E-state index in [9.17, 15) is 9.59 Å². The fourth-order valence-corrected chi connectivity index (χ4v) is 1.26. The number of aryl methyl sites for hydroxylation is 1. The zero-order chi connectivity index (χ0) is 13.1. The standard InChI is InChI=1S/C11H17N3O3/c1-11(2,3)17-10(16)12-5-8-6-13-14(4)9(8)7-15/h6-7H,5H2,1-4H3,(H,12,16). The number of aromatic nitrogens is 2. The number of ether oxygens (including phenoxy) is 1. The van der Waals surface area contributed by atoms with Crippen LogP contribution in [-0.4, -0.2) is 27.8 Å². The van der Waals surface area contributed by atoms with Gasteiger partial charge in [-0.3, -0.25) is 9.48 Å². The quantitative estimate of drug-likeness (QED) is 0.806. The fourth-order valence-electron chi connectivity index (χ4n) is 1.26. The van der Waals surface area contributed by atoms with E-state index in [1.165, 1.54) is 4.68 Å². The SMILES string of the molecule is Cn1ncc(CNC(=O)OC(C)(C)C)c1C=O. The lowest BCUT2D eigenvalue weighted by Gasteiger charge is -2.19. The monoisotopic (exact) mass is 239 g/mol. The average molecular weight is 239 g/mol. The average Bonchev–Trinajstić information content (AvgIpc) is 2.53. The van der Waals surface area contributed by atoms with Gasteiger partial charge < -0.3 is 10.1 Å². The third-order valence-electron chi connectivity index (χ3n) is 2.00. The minimum absolute atomic E-state index is 0.219. The van der Waals surface area contributed by atoms with Crippen LogP contribution in [0.5, 0.6) is 0 Å². The largest absolute Gasteiger partial charge is 0.444 e. The van der Waals surface area contributed by atoms with Crippen molar-refractivity contribution in [3.8, 4) is 0 Å². The maximum Gasteiger partial charge on any atom is 0.407 e. The fraction of sp³-hybridized carbons (Fsp3) is 0.545. The van der Waals surface area contributed by atoms with Crippen molar-refractivity contribution in [2.45, 2.75) is 32.9 Å². The summed E-state index contributed by atoms with van der Waals surface area (Å²) in [5.41, 5.74) is 0.571. The third-order valence-corrected chi connectivity index (χ3v) is 2.00. The second-order valence-electron chi connectivity index (χ2n) is 4.65. The van der Waals surface area contributed by atoms with E-state index >= 15 is 0 Å². The van der Waals surface area contributed by atoms with Crippen molar-refractivity contribution in [1.29, 1.82) is 0 Å². The van der Waals surface area contributed by atoms with E-state index in [0.717, 1.165) is 0 Å². The first-order valence-electron chi connectivity index (χ1n) is 5.26. The molecule has 0 aliphatic rings. The zero-order valence-corrected chi connectivity index (χ0v) is 10.5. The number of hydrogen-bond donors (Lipinski definition) is 1. The van der Waals surface area contributed by atoms with Crippen LogP contribution in [0.2, 0.25) is 0 Å². The Morgan fingerprint density at radius 3 is 2.76 bits per heavy atom. The summed E-state index contributed by atoms with van der Waals surface area (Å²) in [6, 6.07) is 0. The van der Waals surface area contributed by atoms with Gasteiger partial charge in [0.05, 0.1) is 6.20 Å². The van der Waals surface area contributed by atoms with Crippen LogP contribution in [0.4, 0.5) is 4.79 Å². The van der Waals surface area contributed by atoms with E-state index in [2.05, 4.69) is 10.4 Å². The molecule has 6 nitrogen and oxygen atoms in total. The Bertz CT molecular complexity index is 418. The molecule has 0 fully saturated rings. The molecular formula is C11H17N3O3. The van der Waals surface area contributed by atoms with Crippen LogP contribution in [0.1, 0.15) is 36.8 Å². The molecule has 0 aromatic carbocycles. The Hall–Kier alpha value is -1.85. The van der Waals surface area contributed by atoms with Gasteiger partial charge in [-0.15, -0.1) is 0 Å². The van der Waals surface area contributed by atoms with Gasteiger partial charge in [-0.05, 0) is 20.8 Å². The number of amides is 1. The number of hydrogen-bond acceptors (Lipinski definition) is 4. The molecule has 1 heterocycles. The van der Waals surface area contributed by atoms with Crippen molar-refractivity contribution in [2.24, 2.45) is 7.05 Å². The van der Waals surface area contributed by atoms with Crippen molar-refractivity contribution in [3.63, 3.8) is 0 Å². The molecule has 0 unspecified atom stereocenters. The lowest BCUT2D eigenvalue weighted by Crippen LogP contribution is -2.32. The van der Waals surface area contributed by atoms with Gasteiger partial charge in [-0.25, -0.2) is 4.79 Å². The van der Waals surface area contributed by atoms with Crippen molar-refractivity contribution in [1.82, 2.24) is 15.1 Å². The second kappa shape index (κ2) is 4.99. The van der Waals surface area contributed by atoms with Crippen LogP contribution < -0.4 is 5.32 Å². The first-order chi connectivity index (χ1) is 7.83. The number of alkyl carbamates (subject to hydrolysis) is 1. The van der Waals surface area contributed by atoms with Crippen molar-refractivity contribution >= 4 is 12.4 Å². The molecule has 0 radical (unpaired) electrons. The van der Waals surface area contributed by atoms with Gasteiger partial charge in [0.1, 0.15) is 11.3 Å². The van der Waals surface area contributed by atoms with Crippen molar-refractivity contribution < 1.29 is 14.3 Å². The molecule has 0 saturated carbocycles. The molecule has 1 rings (SSSR count). The topological polar surface area (TPSA) is 73.2 Å². The van der Waals surface area contributed by atoms with E-state index in [4.69, 9.17) is 4.74 Å². The molecule has 1 amide bonds. The van der Waals surface area contributed by atoms with Crippen LogP contribution >= 0.6 is 0 Å². The number of aldehydes is 1. The Morgan fingerprint density at radius 1 is 1.59 bits per heavy atom. The summed E-state index contributed by atoms with van der Waals surface area (Å²) in [6.07, 6.45) is 1.73. The van der Waals surface area contributed by atoms with E-state index in [-0.39, 0.29) is 6.54 Å². The zero-order valence-electron chi connectivity index (χ0n) is 10.5. The van der Waals surface area contributed by atoms with Crippen LogP contribution in [-0.2, 0) is 18.3 Å². The molecule has 0 aliphatic carbocycles. The number of nitrogens with zero attached hydrogens (tertiary/aromatic N) is 2. The molecule has 1 N–H and O–H groups in total. The highest BCUT2D eigenvalue weighted by atomic mass is 16.6. The predicted molar refractivity (Wildman–Crippen MR) is 61.7 cm³/mol. The Morgan fingerprint density at radius 2 is 2.24 bits per heavy atom. The summed E-state index contributed by atoms with van der Waals surface area (Å²) >= 11 is 0. The summed E-state index contributed by atoms with van der Waals surface area (Å²) in [6.45, 7) is 5.57. The maximum absolute atomic E-state index is 11.4. The molecule has 0 saturated heterocycles. The summed E-state index contributed by atoms with van der Waals surface area (Å²) in [4.78, 5) is 22.2. The summed E-state index contributed by atoms with van der Waals surface area (Å²) in [5, 5.41) is 6.50. The molecule has 17 heavy (non-hydrogen) atoms. The molecule has 6 heteroatoms. The molecule has 0 spiro atoms. The summed E-state index contributed by atoms with van der Waals surface area (Å²) in [5.74, 6) is 0. The summed E-state index contributed by atoms with van der Waals surface area (Å²) in [7, 11) is 1.67. The van der Waals surface area contributed by atoms with Crippen molar-refractivity contribution in [2.75, 3.05) is 0 Å². The van der Waals surface area contributed by atoms with E-state index < -0.39 is 11.7 Å². The van der Waals surface area contributed by atoms with E-state index in [1.807, 2.05) is 0 Å². The molecule has 0 bridgehead atoms. The van der Waals surface area contributed by atoms with Gasteiger partial charge in [-0.2, -0.15) is 5.10 Å². The first-order valence-corrected chi connectivity index (χ1v) is 5.26. The van der Waals surface area contributed by atoms with Crippen LogP contribution in [0.3, 0.4) is 0 Å². The maximum atomic E-state index is 11.4. The van der Waals surface area contributed by atoms with Crippen molar-refractivity contribution in [3.05, 3.63) is 17.5 Å². The second-order valence-corrected chi connectivity index (χ2v) is 4.65. The predicted octanol–water partition coefficient (Wildman–Crippen LogP) is 1.26. The highest BCUT2D eigenvalue weighted by Crippen LogP contribution is 2.08. The van der Waals surface area contributed by atoms with Crippen LogP contribution in [0.15, 0.2) is 6.20 Å². The minimum Gasteiger partial charge on any atom is -0.444 e. The molecular weight excluding hydrogens is 222 g/mol. The van der Waals surface area contributed by atoms with Gasteiger partial charge in [0.25, 0.3) is 0 Å². The molecule has 1 aromatic rings. The number of nitrogens with one attached hydrogen (secondary N) is 1. The van der Waals surface area contributed by atoms with Gasteiger partial charge in [-0.1, -0.05) is 0 Å². The minimum atomic E-state index is -0.535. The Balaban J connectivity index is 2.56. The molecule has 94 valence electrons. The third kappa shape index (κ3) is 3.90. The van der Waals surface area contributed by atoms with Gasteiger partial charge in [0.15, 0.2) is 6.29 Å². The first kappa shape index (κ1) is 13.2. The number of rotatable bonds is 3. The normalized spacial score (nSPS) is 11.1. The Labute approximate surface area is 99.9 Å². The highest BCUT2D eigenvalue weighted by molar-refractivity contribution is 5.75. The summed E-state index contributed by atoms with van der Waals surface area (Å²) < 4.78 is 6.53. The van der Waals surface area contributed by atoms with Crippen LogP contribution in [0.25, 0.3) is 0 Å².